The predicted molar refractivity (Wildman–Crippen MR) is 76.6 cm³/mol. The van der Waals surface area contributed by atoms with Crippen LogP contribution in [-0.2, 0) is 11.2 Å². The molecule has 1 aliphatic rings. The molecule has 0 unspecified atom stereocenters. The molecule has 1 heterocycles. The van der Waals surface area contributed by atoms with Crippen molar-refractivity contribution in [2.45, 2.75) is 38.7 Å². The van der Waals surface area contributed by atoms with E-state index in [1.54, 1.807) is 25.8 Å². The number of carbonyl (C=O) groups is 1. The Morgan fingerprint density at radius 1 is 1.32 bits per heavy atom. The molecule has 1 amide bonds. The third kappa shape index (κ3) is 2.73. The highest BCUT2D eigenvalue weighted by Crippen LogP contribution is 2.37. The summed E-state index contributed by atoms with van der Waals surface area (Å²) in [6.07, 6.45) is 3.07. The average Bonchev–Trinajstić information content (AvgIpc) is 2.37. The van der Waals surface area contributed by atoms with Crippen molar-refractivity contribution in [3.05, 3.63) is 23.8 Å². The molecule has 0 radical (unpaired) electrons. The number of aryl methyl sites for hydroxylation is 1. The zero-order chi connectivity index (χ0) is 14.0. The molecule has 4 nitrogen and oxygen atoms in total. The highest BCUT2D eigenvalue weighted by molar-refractivity contribution is 6.01. The Bertz CT molecular complexity index is 483. The summed E-state index contributed by atoms with van der Waals surface area (Å²) in [5.74, 6) is 0.758. The first kappa shape index (κ1) is 13.9. The zero-order valence-corrected chi connectivity index (χ0v) is 11.9. The van der Waals surface area contributed by atoms with Gasteiger partial charge in [-0.1, -0.05) is 6.07 Å². The standard InChI is InChI=1S/C15H22N2O2/c1-15(2)14(18)17(3)12-10-11(6-4-5-9-16)7-8-13(12)19-15/h7-8,10H,4-6,9,16H2,1-3H3. The normalized spacial score (nSPS) is 17.1. The molecule has 0 atom stereocenters. The Kier molecular flexibility index (Phi) is 3.80. The highest BCUT2D eigenvalue weighted by Gasteiger charge is 2.39. The SMILES string of the molecule is CN1C(=O)C(C)(C)Oc2ccc(CCCCN)cc21. The number of hydrogen-bond donors (Lipinski definition) is 1. The quantitative estimate of drug-likeness (QED) is 0.845. The van der Waals surface area contributed by atoms with Gasteiger partial charge in [0.15, 0.2) is 5.60 Å². The van der Waals surface area contributed by atoms with Crippen LogP contribution in [0.3, 0.4) is 0 Å². The number of carbonyl (C=O) groups excluding carboxylic acids is 1. The first-order valence-corrected chi connectivity index (χ1v) is 6.76. The number of anilines is 1. The van der Waals surface area contributed by atoms with Crippen LogP contribution >= 0.6 is 0 Å². The van der Waals surface area contributed by atoms with Crippen LogP contribution in [0.2, 0.25) is 0 Å². The molecule has 104 valence electrons. The summed E-state index contributed by atoms with van der Waals surface area (Å²) < 4.78 is 5.77. The lowest BCUT2D eigenvalue weighted by Gasteiger charge is -2.37. The highest BCUT2D eigenvalue weighted by atomic mass is 16.5. The van der Waals surface area contributed by atoms with Gasteiger partial charge in [0.2, 0.25) is 0 Å². The van der Waals surface area contributed by atoms with Crippen molar-refractivity contribution in [3.63, 3.8) is 0 Å². The number of ether oxygens (including phenoxy) is 1. The summed E-state index contributed by atoms with van der Waals surface area (Å²) >= 11 is 0. The van der Waals surface area contributed by atoms with E-state index in [0.717, 1.165) is 37.2 Å². The second kappa shape index (κ2) is 5.21. The summed E-state index contributed by atoms with van der Waals surface area (Å²) in [7, 11) is 1.80. The summed E-state index contributed by atoms with van der Waals surface area (Å²) in [5.41, 5.74) is 6.79. The van der Waals surface area contributed by atoms with Crippen molar-refractivity contribution in [1.29, 1.82) is 0 Å². The zero-order valence-electron chi connectivity index (χ0n) is 11.9. The van der Waals surface area contributed by atoms with E-state index in [9.17, 15) is 4.79 Å². The molecule has 19 heavy (non-hydrogen) atoms. The Labute approximate surface area is 114 Å². The van der Waals surface area contributed by atoms with Crippen molar-refractivity contribution < 1.29 is 9.53 Å². The Hall–Kier alpha value is -1.55. The fourth-order valence-electron chi connectivity index (χ4n) is 2.37. The van der Waals surface area contributed by atoms with Gasteiger partial charge in [-0.15, -0.1) is 0 Å². The number of benzene rings is 1. The molecule has 0 spiro atoms. The smallest absolute Gasteiger partial charge is 0.270 e. The first-order chi connectivity index (χ1) is 8.95. The van der Waals surface area contributed by atoms with Crippen LogP contribution in [-0.4, -0.2) is 25.1 Å². The lowest BCUT2D eigenvalue weighted by Crippen LogP contribution is -2.50. The van der Waals surface area contributed by atoms with Gasteiger partial charge >= 0.3 is 0 Å². The second-order valence-corrected chi connectivity index (χ2v) is 5.52. The maximum Gasteiger partial charge on any atom is 0.270 e. The Morgan fingerprint density at radius 2 is 2.05 bits per heavy atom. The maximum absolute atomic E-state index is 12.2. The number of nitrogens with zero attached hydrogens (tertiary/aromatic N) is 1. The first-order valence-electron chi connectivity index (χ1n) is 6.76. The van der Waals surface area contributed by atoms with Crippen molar-refractivity contribution in [3.8, 4) is 5.75 Å². The van der Waals surface area contributed by atoms with Crippen LogP contribution in [0.25, 0.3) is 0 Å². The van der Waals surface area contributed by atoms with Gasteiger partial charge in [0, 0.05) is 7.05 Å². The van der Waals surface area contributed by atoms with E-state index in [4.69, 9.17) is 10.5 Å². The molecule has 0 fully saturated rings. The van der Waals surface area contributed by atoms with Gasteiger partial charge in [-0.05, 0) is 57.4 Å². The topological polar surface area (TPSA) is 55.6 Å². The van der Waals surface area contributed by atoms with Crippen LogP contribution in [0.15, 0.2) is 18.2 Å². The maximum atomic E-state index is 12.2. The van der Waals surface area contributed by atoms with Crippen molar-refractivity contribution >= 4 is 11.6 Å². The van der Waals surface area contributed by atoms with Crippen LogP contribution in [0.1, 0.15) is 32.3 Å². The van der Waals surface area contributed by atoms with Crippen LogP contribution in [0, 0.1) is 0 Å². The van der Waals surface area contributed by atoms with Gasteiger partial charge in [-0.2, -0.15) is 0 Å². The Morgan fingerprint density at radius 3 is 2.74 bits per heavy atom. The molecule has 2 N–H and O–H groups in total. The third-order valence-electron chi connectivity index (χ3n) is 3.49. The fraction of sp³-hybridized carbons (Fsp3) is 0.533. The molecule has 0 bridgehead atoms. The molecular formula is C15H22N2O2. The van der Waals surface area contributed by atoms with Crippen molar-refractivity contribution in [2.24, 2.45) is 5.73 Å². The molecule has 1 aromatic rings. The van der Waals surface area contributed by atoms with Crippen LogP contribution in [0.5, 0.6) is 5.75 Å². The van der Waals surface area contributed by atoms with Crippen LogP contribution < -0.4 is 15.4 Å². The number of unbranched alkanes of at least 4 members (excludes halogenated alkanes) is 1. The fourth-order valence-corrected chi connectivity index (χ4v) is 2.37. The summed E-state index contributed by atoms with van der Waals surface area (Å²) in [6, 6.07) is 6.06. The van der Waals surface area contributed by atoms with Crippen LogP contribution in [0.4, 0.5) is 5.69 Å². The monoisotopic (exact) mass is 262 g/mol. The van der Waals surface area contributed by atoms with Gasteiger partial charge in [0.25, 0.3) is 5.91 Å². The van der Waals surface area contributed by atoms with Gasteiger partial charge in [-0.25, -0.2) is 0 Å². The van der Waals surface area contributed by atoms with Gasteiger partial charge < -0.3 is 15.4 Å². The minimum absolute atomic E-state index is 0.0147. The van der Waals surface area contributed by atoms with Gasteiger partial charge in [-0.3, -0.25) is 4.79 Å². The van der Waals surface area contributed by atoms with Crippen molar-refractivity contribution in [1.82, 2.24) is 0 Å². The number of nitrogens with two attached hydrogens (primary N) is 1. The van der Waals surface area contributed by atoms with Gasteiger partial charge in [0.1, 0.15) is 5.75 Å². The lowest BCUT2D eigenvalue weighted by molar-refractivity contribution is -0.132. The van der Waals surface area contributed by atoms with E-state index >= 15 is 0 Å². The van der Waals surface area contributed by atoms with Crippen molar-refractivity contribution in [2.75, 3.05) is 18.5 Å². The molecule has 0 saturated carbocycles. The van der Waals surface area contributed by atoms with Gasteiger partial charge in [0.05, 0.1) is 5.69 Å². The van der Waals surface area contributed by atoms with E-state index in [-0.39, 0.29) is 5.91 Å². The second-order valence-electron chi connectivity index (χ2n) is 5.52. The average molecular weight is 262 g/mol. The predicted octanol–water partition coefficient (Wildman–Crippen LogP) is 2.10. The molecule has 1 aromatic carbocycles. The number of fused-ring (bicyclic) bond motifs is 1. The lowest BCUT2D eigenvalue weighted by atomic mass is 10.0. The molecule has 1 aliphatic heterocycles. The molecule has 4 heteroatoms. The summed E-state index contributed by atoms with van der Waals surface area (Å²) in [4.78, 5) is 13.9. The minimum Gasteiger partial charge on any atom is -0.476 e. The van der Waals surface area contributed by atoms with E-state index in [1.165, 1.54) is 5.56 Å². The Balaban J connectivity index is 2.23. The molecule has 2 rings (SSSR count). The number of hydrogen-bond acceptors (Lipinski definition) is 3. The summed E-state index contributed by atoms with van der Waals surface area (Å²) in [6.45, 7) is 4.31. The molecule has 0 saturated heterocycles. The van der Waals surface area contributed by atoms with E-state index in [1.807, 2.05) is 12.1 Å². The third-order valence-corrected chi connectivity index (χ3v) is 3.49. The molecule has 0 aromatic heterocycles. The van der Waals surface area contributed by atoms with E-state index < -0.39 is 5.60 Å². The number of amides is 1. The largest absolute Gasteiger partial charge is 0.476 e. The van der Waals surface area contributed by atoms with E-state index in [2.05, 4.69) is 6.07 Å². The summed E-state index contributed by atoms with van der Waals surface area (Å²) in [5, 5.41) is 0. The molecular weight excluding hydrogens is 240 g/mol. The minimum atomic E-state index is -0.789. The molecule has 0 aliphatic carbocycles. The van der Waals surface area contributed by atoms with E-state index in [0.29, 0.717) is 0 Å². The number of likely N-dealkylation sites (N-methyl/N-ethyl adjacent to an activating group) is 1. The number of rotatable bonds is 4.